The van der Waals surface area contributed by atoms with Crippen molar-refractivity contribution in [2.75, 3.05) is 11.9 Å². The molecule has 1 amide bonds. The smallest absolute Gasteiger partial charge is 0.422 e. The average molecular weight is 457 g/mol. The minimum absolute atomic E-state index is 0.0668. The van der Waals surface area contributed by atoms with Crippen molar-refractivity contribution in [1.29, 1.82) is 0 Å². The summed E-state index contributed by atoms with van der Waals surface area (Å²) in [6, 6.07) is 8.81. The van der Waals surface area contributed by atoms with Crippen LogP contribution < -0.4 is 15.8 Å². The minimum Gasteiger partial charge on any atom is -0.454 e. The number of primary amides is 1. The van der Waals surface area contributed by atoms with Crippen LogP contribution in [0.15, 0.2) is 48.5 Å². The van der Waals surface area contributed by atoms with Crippen molar-refractivity contribution in [3.8, 4) is 17.4 Å². The van der Waals surface area contributed by atoms with Gasteiger partial charge in [-0.25, -0.2) is 0 Å². The number of nitrogens with zero attached hydrogens (tertiary/aromatic N) is 3. The zero-order valence-electron chi connectivity index (χ0n) is 15.8. The fourth-order valence-electron chi connectivity index (χ4n) is 2.44. The van der Waals surface area contributed by atoms with Gasteiger partial charge in [0, 0.05) is 16.8 Å². The summed E-state index contributed by atoms with van der Waals surface area (Å²) in [5.41, 5.74) is 4.58. The van der Waals surface area contributed by atoms with Crippen LogP contribution in [0.25, 0.3) is 11.4 Å². The Morgan fingerprint density at radius 3 is 2.25 bits per heavy atom. The van der Waals surface area contributed by atoms with Crippen LogP contribution in [0, 0.1) is 0 Å². The summed E-state index contributed by atoms with van der Waals surface area (Å²) in [5.74, 6) is -1.21. The van der Waals surface area contributed by atoms with Gasteiger partial charge in [-0.05, 0) is 30.3 Å². The lowest BCUT2D eigenvalue weighted by Gasteiger charge is -2.12. The van der Waals surface area contributed by atoms with Gasteiger partial charge in [0.25, 0.3) is 0 Å². The summed E-state index contributed by atoms with van der Waals surface area (Å²) in [5, 5.41) is 2.50. The lowest BCUT2D eigenvalue weighted by atomic mass is 10.1. The molecule has 0 unspecified atom stereocenters. The number of nitrogens with two attached hydrogens (primary N) is 1. The first-order valence-corrected chi connectivity index (χ1v) is 8.71. The molecule has 0 saturated heterocycles. The summed E-state index contributed by atoms with van der Waals surface area (Å²) >= 11 is 0. The van der Waals surface area contributed by atoms with E-state index in [-0.39, 0.29) is 28.6 Å². The Hall–Kier alpha value is -3.90. The van der Waals surface area contributed by atoms with Gasteiger partial charge in [0.2, 0.25) is 11.9 Å². The molecule has 0 spiro atoms. The lowest BCUT2D eigenvalue weighted by Crippen LogP contribution is -2.20. The number of amides is 1. The van der Waals surface area contributed by atoms with Crippen LogP contribution in [-0.4, -0.2) is 33.6 Å². The van der Waals surface area contributed by atoms with Gasteiger partial charge in [0.1, 0.15) is 0 Å². The highest BCUT2D eigenvalue weighted by molar-refractivity contribution is 5.93. The van der Waals surface area contributed by atoms with Gasteiger partial charge in [-0.1, -0.05) is 18.2 Å². The van der Waals surface area contributed by atoms with Crippen molar-refractivity contribution in [2.24, 2.45) is 5.73 Å². The lowest BCUT2D eigenvalue weighted by molar-refractivity contribution is -0.154. The molecule has 13 heteroatoms. The highest BCUT2D eigenvalue weighted by Crippen LogP contribution is 2.31. The standard InChI is InChI=1S/C19H13F6N5O2/c20-18(21,22)9-32-17-29-15(11-6-4-10(5-7-11)14(26)31)28-16(30-17)27-13-3-1-2-12(8-13)19(23,24)25/h1-8H,9H2,(H2,26,31)(H,27,28,29,30). The molecule has 2 aromatic carbocycles. The van der Waals surface area contributed by atoms with E-state index in [0.717, 1.165) is 18.2 Å². The molecule has 0 bridgehead atoms. The third-order valence-corrected chi connectivity index (χ3v) is 3.85. The Labute approximate surface area is 176 Å². The van der Waals surface area contributed by atoms with Crippen LogP contribution in [0.2, 0.25) is 0 Å². The molecule has 0 aliphatic heterocycles. The molecule has 0 radical (unpaired) electrons. The fourth-order valence-corrected chi connectivity index (χ4v) is 2.44. The van der Waals surface area contributed by atoms with Crippen molar-refractivity contribution < 1.29 is 35.9 Å². The third kappa shape index (κ3) is 6.06. The number of halogens is 6. The number of anilines is 2. The summed E-state index contributed by atoms with van der Waals surface area (Å²) in [7, 11) is 0. The van der Waals surface area contributed by atoms with Crippen LogP contribution in [0.1, 0.15) is 15.9 Å². The number of benzene rings is 2. The number of carbonyl (C=O) groups is 1. The molecular weight excluding hydrogens is 444 g/mol. The van der Waals surface area contributed by atoms with Crippen molar-refractivity contribution in [3.63, 3.8) is 0 Å². The predicted molar refractivity (Wildman–Crippen MR) is 100 cm³/mol. The number of nitrogens with one attached hydrogen (secondary N) is 1. The number of aromatic nitrogens is 3. The molecule has 0 saturated carbocycles. The maximum absolute atomic E-state index is 12.9. The van der Waals surface area contributed by atoms with Gasteiger partial charge in [-0.2, -0.15) is 41.3 Å². The molecule has 1 aromatic heterocycles. The molecule has 32 heavy (non-hydrogen) atoms. The third-order valence-electron chi connectivity index (χ3n) is 3.85. The molecular formula is C19H13F6N5O2. The van der Waals surface area contributed by atoms with Crippen LogP contribution >= 0.6 is 0 Å². The first-order valence-electron chi connectivity index (χ1n) is 8.71. The highest BCUT2D eigenvalue weighted by atomic mass is 19.4. The Balaban J connectivity index is 1.97. The maximum Gasteiger partial charge on any atom is 0.422 e. The average Bonchev–Trinajstić information content (AvgIpc) is 2.71. The molecule has 3 N–H and O–H groups in total. The molecule has 0 atom stereocenters. The second-order valence-corrected chi connectivity index (χ2v) is 6.31. The van der Waals surface area contributed by atoms with Crippen molar-refractivity contribution >= 4 is 17.5 Å². The van der Waals surface area contributed by atoms with Gasteiger partial charge in [-0.3, -0.25) is 4.79 Å². The van der Waals surface area contributed by atoms with Gasteiger partial charge in [0.15, 0.2) is 12.4 Å². The molecule has 3 rings (SSSR count). The Kier molecular flexibility index (Phi) is 6.18. The predicted octanol–water partition coefficient (Wildman–Crippen LogP) is 4.34. The molecule has 0 fully saturated rings. The molecule has 3 aromatic rings. The first-order chi connectivity index (χ1) is 14.9. The Morgan fingerprint density at radius 1 is 0.969 bits per heavy atom. The number of hydrogen-bond acceptors (Lipinski definition) is 6. The summed E-state index contributed by atoms with van der Waals surface area (Å²) in [6.07, 6.45) is -9.28. The summed E-state index contributed by atoms with van der Waals surface area (Å²) < 4.78 is 80.9. The van der Waals surface area contributed by atoms with E-state index < -0.39 is 36.4 Å². The van der Waals surface area contributed by atoms with Crippen molar-refractivity contribution in [3.05, 3.63) is 59.7 Å². The maximum atomic E-state index is 12.9. The number of carbonyl (C=O) groups excluding carboxylic acids is 1. The zero-order valence-corrected chi connectivity index (χ0v) is 15.8. The monoisotopic (exact) mass is 457 g/mol. The van der Waals surface area contributed by atoms with E-state index in [1.165, 1.54) is 30.3 Å². The van der Waals surface area contributed by atoms with Crippen LogP contribution in [0.3, 0.4) is 0 Å². The van der Waals surface area contributed by atoms with Gasteiger partial charge in [-0.15, -0.1) is 0 Å². The molecule has 7 nitrogen and oxygen atoms in total. The fraction of sp³-hybridized carbons (Fsp3) is 0.158. The quantitative estimate of drug-likeness (QED) is 0.534. The second kappa shape index (κ2) is 8.69. The van der Waals surface area contributed by atoms with Crippen molar-refractivity contribution in [1.82, 2.24) is 15.0 Å². The van der Waals surface area contributed by atoms with Crippen LogP contribution in [0.5, 0.6) is 6.01 Å². The van der Waals surface area contributed by atoms with E-state index in [0.29, 0.717) is 0 Å². The minimum atomic E-state index is -4.68. The molecule has 1 heterocycles. The van der Waals surface area contributed by atoms with E-state index in [1.807, 2.05) is 0 Å². The SMILES string of the molecule is NC(=O)c1ccc(-c2nc(Nc3cccc(C(F)(F)F)c3)nc(OCC(F)(F)F)n2)cc1. The zero-order chi connectivity index (χ0) is 23.5. The van der Waals surface area contributed by atoms with Gasteiger partial charge < -0.3 is 15.8 Å². The Bertz CT molecular complexity index is 1120. The Morgan fingerprint density at radius 2 is 1.66 bits per heavy atom. The normalized spacial score (nSPS) is 11.8. The second-order valence-electron chi connectivity index (χ2n) is 6.31. The molecule has 0 aliphatic rings. The summed E-state index contributed by atoms with van der Waals surface area (Å²) in [4.78, 5) is 22.7. The van der Waals surface area contributed by atoms with Crippen molar-refractivity contribution in [2.45, 2.75) is 12.4 Å². The van der Waals surface area contributed by atoms with E-state index >= 15 is 0 Å². The van der Waals surface area contributed by atoms with Gasteiger partial charge >= 0.3 is 18.4 Å². The number of hydrogen-bond donors (Lipinski definition) is 2. The van der Waals surface area contributed by atoms with E-state index in [2.05, 4.69) is 25.0 Å². The summed E-state index contributed by atoms with van der Waals surface area (Å²) in [6.45, 7) is -1.69. The van der Waals surface area contributed by atoms with Crippen LogP contribution in [0.4, 0.5) is 38.0 Å². The largest absolute Gasteiger partial charge is 0.454 e. The number of alkyl halides is 6. The van der Waals surface area contributed by atoms with Crippen LogP contribution in [-0.2, 0) is 6.18 Å². The van der Waals surface area contributed by atoms with E-state index in [1.54, 1.807) is 0 Å². The number of ether oxygens (including phenoxy) is 1. The van der Waals surface area contributed by atoms with Gasteiger partial charge in [0.05, 0.1) is 5.56 Å². The number of rotatable bonds is 6. The van der Waals surface area contributed by atoms with E-state index in [9.17, 15) is 31.1 Å². The molecule has 0 aliphatic carbocycles. The highest BCUT2D eigenvalue weighted by Gasteiger charge is 2.31. The van der Waals surface area contributed by atoms with E-state index in [4.69, 9.17) is 5.73 Å². The first kappa shape index (κ1) is 22.8. The molecule has 168 valence electrons. The topological polar surface area (TPSA) is 103 Å².